The zero-order chi connectivity index (χ0) is 18.3. The highest BCUT2D eigenvalue weighted by Crippen LogP contribution is 2.32. The fourth-order valence-corrected chi connectivity index (χ4v) is 2.56. The molecule has 1 heterocycles. The van der Waals surface area contributed by atoms with Gasteiger partial charge in [-0.05, 0) is 0 Å². The van der Waals surface area contributed by atoms with Crippen molar-refractivity contribution in [2.75, 3.05) is 6.61 Å². The summed E-state index contributed by atoms with van der Waals surface area (Å²) in [5.41, 5.74) is -1.00. The topological polar surface area (TPSA) is 88.1 Å². The fourth-order valence-electron chi connectivity index (χ4n) is 1.75. The number of hydrogen-bond acceptors (Lipinski definition) is 7. The number of hydrogen-bond donors (Lipinski definition) is 0. The molecule has 1 aliphatic heterocycles. The fraction of sp³-hybridized carbons (Fsp3) is 0.750. The molecule has 0 N–H and O–H groups in total. The van der Waals surface area contributed by atoms with Gasteiger partial charge in [-0.15, -0.1) is 0 Å². The average molecular weight is 391 g/mol. The summed E-state index contributed by atoms with van der Waals surface area (Å²) in [4.78, 5) is 33.3. The van der Waals surface area contributed by atoms with Crippen molar-refractivity contribution in [3.63, 3.8) is 0 Å². The van der Waals surface area contributed by atoms with Crippen molar-refractivity contribution in [1.29, 1.82) is 0 Å². The summed E-state index contributed by atoms with van der Waals surface area (Å²) < 4.78 is 41.3. The molecule has 1 rings (SSSR count). The molecular formula is C12H16BrClO7. The second kappa shape index (κ2) is 7.95. The Kier molecular flexibility index (Phi) is 5.22. The maximum atomic E-state index is 11.5. The second-order valence-electron chi connectivity index (χ2n) is 4.06. The highest BCUT2D eigenvalue weighted by atomic mass is 79.9. The molecule has 120 valence electrons. The van der Waals surface area contributed by atoms with E-state index in [4.69, 9.17) is 34.7 Å². The van der Waals surface area contributed by atoms with Crippen LogP contribution in [0.4, 0.5) is 0 Å². The molecule has 1 aliphatic rings. The number of ether oxygens (including phenoxy) is 4. The third kappa shape index (κ3) is 5.44. The maximum absolute atomic E-state index is 11.5. The molecule has 0 spiro atoms. The molecule has 0 aromatic carbocycles. The van der Waals surface area contributed by atoms with E-state index in [0.717, 1.165) is 0 Å². The summed E-state index contributed by atoms with van der Waals surface area (Å²) >= 11 is 9.19. The highest BCUT2D eigenvalue weighted by molar-refractivity contribution is 9.09. The van der Waals surface area contributed by atoms with Crippen molar-refractivity contribution in [2.24, 2.45) is 0 Å². The van der Waals surface area contributed by atoms with Crippen molar-refractivity contribution in [2.45, 2.75) is 49.4 Å². The Hall–Kier alpha value is -0.860. The van der Waals surface area contributed by atoms with Crippen molar-refractivity contribution in [1.82, 2.24) is 0 Å². The number of rotatable bonds is 4. The first-order valence-electron chi connectivity index (χ1n) is 7.82. The van der Waals surface area contributed by atoms with Gasteiger partial charge in [-0.1, -0.05) is 27.5 Å². The van der Waals surface area contributed by atoms with Gasteiger partial charge >= 0.3 is 17.9 Å². The largest absolute Gasteiger partial charge is 0.463 e. The molecule has 21 heavy (non-hydrogen) atoms. The third-order valence-electron chi connectivity index (χ3n) is 2.50. The van der Waals surface area contributed by atoms with Gasteiger partial charge in [-0.3, -0.25) is 14.4 Å². The van der Waals surface area contributed by atoms with Crippen LogP contribution in [0.25, 0.3) is 0 Å². The molecule has 1 saturated heterocycles. The van der Waals surface area contributed by atoms with Gasteiger partial charge in [0.25, 0.3) is 0 Å². The minimum atomic E-state index is -1.20. The number of carbonyl (C=O) groups is 3. The van der Waals surface area contributed by atoms with Gasteiger partial charge in [0.05, 0.1) is 4.83 Å². The van der Waals surface area contributed by atoms with E-state index in [0.29, 0.717) is 0 Å². The van der Waals surface area contributed by atoms with Crippen molar-refractivity contribution < 1.29 is 37.4 Å². The first-order valence-corrected chi connectivity index (χ1v) is 7.05. The van der Waals surface area contributed by atoms with Crippen LogP contribution in [0.1, 0.15) is 24.8 Å². The van der Waals surface area contributed by atoms with Crippen LogP contribution in [0.3, 0.4) is 0 Å². The van der Waals surface area contributed by atoms with Gasteiger partial charge < -0.3 is 18.9 Å². The van der Waals surface area contributed by atoms with Crippen molar-refractivity contribution in [3.8, 4) is 0 Å². The molecule has 5 atom stereocenters. The van der Waals surface area contributed by atoms with Gasteiger partial charge in [-0.2, -0.15) is 0 Å². The molecule has 9 heteroatoms. The Labute approximate surface area is 139 Å². The smallest absolute Gasteiger partial charge is 0.303 e. The summed E-state index contributed by atoms with van der Waals surface area (Å²) in [5, 5.41) is 0. The highest BCUT2D eigenvalue weighted by Gasteiger charge is 2.48. The lowest BCUT2D eigenvalue weighted by Gasteiger charge is -2.41. The monoisotopic (exact) mass is 389 g/mol. The van der Waals surface area contributed by atoms with Gasteiger partial charge in [0.2, 0.25) is 0 Å². The average Bonchev–Trinajstić information content (AvgIpc) is 2.58. The summed E-state index contributed by atoms with van der Waals surface area (Å²) in [6, 6.07) is 0. The summed E-state index contributed by atoms with van der Waals surface area (Å²) in [6.07, 6.45) is -3.36. The molecule has 0 aromatic heterocycles. The molecule has 0 radical (unpaired) electrons. The lowest BCUT2D eigenvalue weighted by molar-refractivity contribution is -0.203. The van der Waals surface area contributed by atoms with E-state index in [1.54, 1.807) is 0 Å². The zero-order valence-corrected chi connectivity index (χ0v) is 13.2. The van der Waals surface area contributed by atoms with E-state index in [2.05, 4.69) is 15.9 Å². The molecule has 1 fully saturated rings. The molecule has 0 saturated carbocycles. The van der Waals surface area contributed by atoms with E-state index in [9.17, 15) is 14.4 Å². The predicted molar refractivity (Wildman–Crippen MR) is 75.0 cm³/mol. The molecule has 0 aromatic rings. The minimum absolute atomic E-state index is 0.383. The summed E-state index contributed by atoms with van der Waals surface area (Å²) in [6.45, 7) is -2.31. The quantitative estimate of drug-likeness (QED) is 0.404. The second-order valence-corrected chi connectivity index (χ2v) is 5.55. The van der Waals surface area contributed by atoms with E-state index in [-0.39, 0.29) is 6.61 Å². The van der Waals surface area contributed by atoms with E-state index in [1.807, 2.05) is 0 Å². The van der Waals surface area contributed by atoms with Crippen molar-refractivity contribution >= 4 is 45.4 Å². The molecule has 0 aliphatic carbocycles. The van der Waals surface area contributed by atoms with Crippen molar-refractivity contribution in [3.05, 3.63) is 0 Å². The molecule has 0 bridgehead atoms. The van der Waals surface area contributed by atoms with Crippen LogP contribution in [0.5, 0.6) is 0 Å². The first kappa shape index (κ1) is 13.8. The minimum Gasteiger partial charge on any atom is -0.463 e. The standard InChI is InChI=1S/C12H16BrClO7/c1-5(15)18-4-8-10(19-6(2)16)11(20-7(3)17)9(13)12(14)21-8/h8-12H,4H2,1-3H3/t8-,9+,10-,11-,12?/m1/s1/i1D,2D,3D. The van der Waals surface area contributed by atoms with E-state index in [1.165, 1.54) is 0 Å². The Morgan fingerprint density at radius 2 is 1.71 bits per heavy atom. The van der Waals surface area contributed by atoms with Crippen LogP contribution in [-0.4, -0.2) is 53.2 Å². The number of alkyl halides is 2. The lowest BCUT2D eigenvalue weighted by Crippen LogP contribution is -2.58. The number of esters is 3. The number of carbonyl (C=O) groups excluding carboxylic acids is 3. The van der Waals surface area contributed by atoms with Gasteiger partial charge in [0.1, 0.15) is 18.3 Å². The molecule has 1 unspecified atom stereocenters. The van der Waals surface area contributed by atoms with Crippen LogP contribution in [0.2, 0.25) is 0 Å². The van der Waals surface area contributed by atoms with Crippen LogP contribution in [0, 0.1) is 0 Å². The maximum Gasteiger partial charge on any atom is 0.303 e. The normalized spacial score (nSPS) is 34.0. The Morgan fingerprint density at radius 3 is 2.29 bits per heavy atom. The zero-order valence-electron chi connectivity index (χ0n) is 13.8. The summed E-state index contributed by atoms with van der Waals surface area (Å²) in [5.74, 6) is -2.60. The van der Waals surface area contributed by atoms with Crippen LogP contribution in [-0.2, 0) is 33.3 Å². The molecule has 0 amide bonds. The summed E-state index contributed by atoms with van der Waals surface area (Å²) in [7, 11) is 0. The van der Waals surface area contributed by atoms with Crippen LogP contribution < -0.4 is 0 Å². The van der Waals surface area contributed by atoms with E-state index >= 15 is 0 Å². The Balaban J connectivity index is 2.97. The Bertz CT molecular complexity index is 470. The third-order valence-corrected chi connectivity index (χ3v) is 4.18. The predicted octanol–water partition coefficient (Wildman–Crippen LogP) is 1.14. The van der Waals surface area contributed by atoms with Gasteiger partial charge in [-0.25, -0.2) is 0 Å². The van der Waals surface area contributed by atoms with Crippen LogP contribution in [0.15, 0.2) is 0 Å². The van der Waals surface area contributed by atoms with Gasteiger partial charge in [0.15, 0.2) is 12.2 Å². The lowest BCUT2D eigenvalue weighted by atomic mass is 10.0. The van der Waals surface area contributed by atoms with E-state index < -0.39 is 67.3 Å². The SMILES string of the molecule is [2H]CC(=O)OC[C@H]1OC(Cl)[C@@H](Br)[C@@H](OC(=O)C[2H])[C@@H]1OC(=O)C[2H]. The first-order chi connectivity index (χ1) is 11.3. The van der Waals surface area contributed by atoms with Gasteiger partial charge in [0, 0.05) is 24.8 Å². The Morgan fingerprint density at radius 1 is 1.14 bits per heavy atom. The number of halogens is 2. The molecule has 7 nitrogen and oxygen atoms in total. The molecular weight excluding hydrogens is 371 g/mol. The van der Waals surface area contributed by atoms with Crippen LogP contribution >= 0.6 is 27.5 Å².